The van der Waals surface area contributed by atoms with Gasteiger partial charge in [0.25, 0.3) is 0 Å². The average Bonchev–Trinajstić information content (AvgIpc) is 2.46. The Balaban J connectivity index is 0.00000220. The third-order valence-electron chi connectivity index (χ3n) is 3.48. The van der Waals surface area contributed by atoms with Crippen LogP contribution in [0.3, 0.4) is 0 Å². The van der Waals surface area contributed by atoms with Gasteiger partial charge in [-0.2, -0.15) is 8.78 Å². The van der Waals surface area contributed by atoms with E-state index in [0.29, 0.717) is 6.42 Å². The molecule has 0 aliphatic carbocycles. The zero-order valence-electron chi connectivity index (χ0n) is 11.7. The van der Waals surface area contributed by atoms with E-state index in [1.54, 1.807) is 24.3 Å². The number of nitrogens with zero attached hydrogens (tertiary/aromatic N) is 1. The zero-order chi connectivity index (χ0) is 14.4. The molecule has 0 saturated carbocycles. The molecule has 0 amide bonds. The second-order valence-electron chi connectivity index (χ2n) is 4.76. The smallest absolute Gasteiger partial charge is 0.387 e. The molecule has 0 unspecified atom stereocenters. The van der Waals surface area contributed by atoms with Crippen LogP contribution in [-0.4, -0.2) is 49.4 Å². The maximum atomic E-state index is 12.1. The molecular formula is C14H21ClF2N2O2. The highest BCUT2D eigenvalue weighted by molar-refractivity contribution is 5.85. The van der Waals surface area contributed by atoms with Gasteiger partial charge < -0.3 is 15.2 Å². The molecule has 7 heteroatoms. The van der Waals surface area contributed by atoms with Crippen LogP contribution in [0.4, 0.5) is 8.78 Å². The Morgan fingerprint density at radius 3 is 2.33 bits per heavy atom. The number of hydrogen-bond donors (Lipinski definition) is 2. The van der Waals surface area contributed by atoms with E-state index in [2.05, 4.69) is 15.0 Å². The van der Waals surface area contributed by atoms with Crippen LogP contribution in [0.5, 0.6) is 5.75 Å². The molecular weight excluding hydrogens is 302 g/mol. The number of alkyl halides is 2. The average molecular weight is 323 g/mol. The number of piperazine rings is 1. The molecule has 0 bridgehead atoms. The van der Waals surface area contributed by atoms with Crippen LogP contribution in [0.25, 0.3) is 0 Å². The molecule has 1 fully saturated rings. The first-order chi connectivity index (χ1) is 9.70. The van der Waals surface area contributed by atoms with Gasteiger partial charge in [0.1, 0.15) is 5.75 Å². The lowest BCUT2D eigenvalue weighted by Crippen LogP contribution is -2.45. The summed E-state index contributed by atoms with van der Waals surface area (Å²) in [6.45, 7) is 0.981. The van der Waals surface area contributed by atoms with Crippen LogP contribution in [0.1, 0.15) is 18.0 Å². The minimum atomic E-state index is -2.80. The van der Waals surface area contributed by atoms with Crippen molar-refractivity contribution in [2.75, 3.05) is 32.8 Å². The summed E-state index contributed by atoms with van der Waals surface area (Å²) < 4.78 is 28.6. The van der Waals surface area contributed by atoms with Gasteiger partial charge in [-0.1, -0.05) is 12.1 Å². The Kier molecular flexibility index (Phi) is 7.88. The molecule has 1 saturated heterocycles. The van der Waals surface area contributed by atoms with Gasteiger partial charge >= 0.3 is 6.61 Å². The highest BCUT2D eigenvalue weighted by Gasteiger charge is 2.21. The van der Waals surface area contributed by atoms with E-state index in [4.69, 9.17) is 0 Å². The van der Waals surface area contributed by atoms with Gasteiger partial charge in [0, 0.05) is 38.8 Å². The molecule has 21 heavy (non-hydrogen) atoms. The van der Waals surface area contributed by atoms with Crippen LogP contribution in [-0.2, 0) is 0 Å². The molecule has 1 atom stereocenters. The van der Waals surface area contributed by atoms with Crippen molar-refractivity contribution in [3.05, 3.63) is 29.8 Å². The fourth-order valence-corrected chi connectivity index (χ4v) is 2.55. The Bertz CT molecular complexity index is 400. The quantitative estimate of drug-likeness (QED) is 0.841. The predicted octanol–water partition coefficient (Wildman–Crippen LogP) is 2.04. The SMILES string of the molecule is Cl.OCC[C@@H](c1ccc(OC(F)F)cc1)N1CCNCC1. The molecule has 1 aliphatic heterocycles. The molecule has 1 heterocycles. The van der Waals surface area contributed by atoms with Crippen molar-refractivity contribution in [3.8, 4) is 5.75 Å². The fourth-order valence-electron chi connectivity index (χ4n) is 2.55. The lowest BCUT2D eigenvalue weighted by atomic mass is 10.0. The summed E-state index contributed by atoms with van der Waals surface area (Å²) in [4.78, 5) is 2.30. The van der Waals surface area contributed by atoms with Crippen molar-refractivity contribution in [2.45, 2.75) is 19.1 Å². The maximum absolute atomic E-state index is 12.1. The predicted molar refractivity (Wildman–Crippen MR) is 79.2 cm³/mol. The molecule has 1 aromatic rings. The minimum absolute atomic E-state index is 0. The number of aliphatic hydroxyl groups is 1. The highest BCUT2D eigenvalue weighted by atomic mass is 35.5. The zero-order valence-corrected chi connectivity index (χ0v) is 12.5. The van der Waals surface area contributed by atoms with Crippen molar-refractivity contribution < 1.29 is 18.6 Å². The molecule has 1 aromatic carbocycles. The van der Waals surface area contributed by atoms with E-state index >= 15 is 0 Å². The summed E-state index contributed by atoms with van der Waals surface area (Å²) in [7, 11) is 0. The molecule has 4 nitrogen and oxygen atoms in total. The summed E-state index contributed by atoms with van der Waals surface area (Å²) in [5, 5.41) is 12.5. The number of aliphatic hydroxyl groups excluding tert-OH is 1. The van der Waals surface area contributed by atoms with Gasteiger partial charge in [-0.05, 0) is 24.1 Å². The second kappa shape index (κ2) is 9.15. The molecule has 2 N–H and O–H groups in total. The number of nitrogens with one attached hydrogen (secondary N) is 1. The first-order valence-corrected chi connectivity index (χ1v) is 6.81. The fraction of sp³-hybridized carbons (Fsp3) is 0.571. The molecule has 120 valence electrons. The lowest BCUT2D eigenvalue weighted by Gasteiger charge is -2.35. The largest absolute Gasteiger partial charge is 0.435 e. The van der Waals surface area contributed by atoms with E-state index in [9.17, 15) is 13.9 Å². The topological polar surface area (TPSA) is 44.7 Å². The Hall–Kier alpha value is -0.950. The Labute approximate surface area is 129 Å². The summed E-state index contributed by atoms with van der Waals surface area (Å²) in [5.41, 5.74) is 1.02. The number of benzene rings is 1. The van der Waals surface area contributed by atoms with E-state index in [0.717, 1.165) is 31.7 Å². The van der Waals surface area contributed by atoms with Crippen LogP contribution < -0.4 is 10.1 Å². The monoisotopic (exact) mass is 322 g/mol. The third-order valence-corrected chi connectivity index (χ3v) is 3.48. The Morgan fingerprint density at radius 2 is 1.81 bits per heavy atom. The van der Waals surface area contributed by atoms with Gasteiger partial charge in [-0.15, -0.1) is 12.4 Å². The number of rotatable bonds is 6. The molecule has 1 aliphatic rings. The standard InChI is InChI=1S/C14H20F2N2O2.ClH/c15-14(16)20-12-3-1-11(2-4-12)13(5-10-19)18-8-6-17-7-9-18;/h1-4,13-14,17,19H,5-10H2;1H/t13-;/m0./s1. The first kappa shape index (κ1) is 18.1. The van der Waals surface area contributed by atoms with Crippen molar-refractivity contribution in [1.29, 1.82) is 0 Å². The normalized spacial score (nSPS) is 17.3. The molecule has 0 spiro atoms. The van der Waals surface area contributed by atoms with E-state index in [1.807, 2.05) is 0 Å². The van der Waals surface area contributed by atoms with Crippen LogP contribution >= 0.6 is 12.4 Å². The number of halogens is 3. The van der Waals surface area contributed by atoms with Gasteiger partial charge in [0.15, 0.2) is 0 Å². The van der Waals surface area contributed by atoms with E-state index < -0.39 is 6.61 Å². The van der Waals surface area contributed by atoms with Crippen molar-refractivity contribution >= 4 is 12.4 Å². The maximum Gasteiger partial charge on any atom is 0.387 e. The van der Waals surface area contributed by atoms with Gasteiger partial charge in [-0.3, -0.25) is 4.90 Å². The molecule has 2 rings (SSSR count). The van der Waals surface area contributed by atoms with E-state index in [-0.39, 0.29) is 30.8 Å². The Morgan fingerprint density at radius 1 is 1.19 bits per heavy atom. The van der Waals surface area contributed by atoms with Gasteiger partial charge in [-0.25, -0.2) is 0 Å². The summed E-state index contributed by atoms with van der Waals surface area (Å²) >= 11 is 0. The van der Waals surface area contributed by atoms with E-state index in [1.165, 1.54) is 0 Å². The van der Waals surface area contributed by atoms with Gasteiger partial charge in [0.05, 0.1) is 0 Å². The summed E-state index contributed by atoms with van der Waals surface area (Å²) in [5.74, 6) is 0.159. The third kappa shape index (κ3) is 5.39. The number of ether oxygens (including phenoxy) is 1. The van der Waals surface area contributed by atoms with Crippen LogP contribution in [0.15, 0.2) is 24.3 Å². The first-order valence-electron chi connectivity index (χ1n) is 6.81. The van der Waals surface area contributed by atoms with Crippen molar-refractivity contribution in [1.82, 2.24) is 10.2 Å². The molecule has 0 aromatic heterocycles. The summed E-state index contributed by atoms with van der Waals surface area (Å²) in [6, 6.07) is 6.80. The van der Waals surface area contributed by atoms with Gasteiger partial charge in [0.2, 0.25) is 0 Å². The lowest BCUT2D eigenvalue weighted by molar-refractivity contribution is -0.0498. The highest BCUT2D eigenvalue weighted by Crippen LogP contribution is 2.26. The van der Waals surface area contributed by atoms with Crippen molar-refractivity contribution in [3.63, 3.8) is 0 Å². The summed E-state index contributed by atoms with van der Waals surface area (Å²) in [6.07, 6.45) is 0.634. The van der Waals surface area contributed by atoms with Crippen molar-refractivity contribution in [2.24, 2.45) is 0 Å². The van der Waals surface area contributed by atoms with Crippen LogP contribution in [0.2, 0.25) is 0 Å². The number of hydrogen-bond acceptors (Lipinski definition) is 4. The minimum Gasteiger partial charge on any atom is -0.435 e. The van der Waals surface area contributed by atoms with Crippen LogP contribution in [0, 0.1) is 0 Å². The second-order valence-corrected chi connectivity index (χ2v) is 4.76. The molecule has 0 radical (unpaired) electrons.